The number of benzene rings is 2. The SMILES string of the molecule is Cc1ccc(Cn2nc(C)c(C(=O)NC(C)c3cccc(NS(C)(=O)=O)c3)c2Cl)cc1. The lowest BCUT2D eigenvalue weighted by Gasteiger charge is -2.16. The van der Waals surface area contributed by atoms with Crippen molar-refractivity contribution in [2.75, 3.05) is 11.0 Å². The lowest BCUT2D eigenvalue weighted by Crippen LogP contribution is -2.27. The molecule has 1 amide bonds. The Morgan fingerprint density at radius 3 is 2.48 bits per heavy atom. The van der Waals surface area contributed by atoms with Crippen molar-refractivity contribution in [2.24, 2.45) is 0 Å². The van der Waals surface area contributed by atoms with Gasteiger partial charge >= 0.3 is 0 Å². The maximum Gasteiger partial charge on any atom is 0.256 e. The third-order valence-corrected chi connectivity index (χ3v) is 5.77. The number of carbonyl (C=O) groups excluding carboxylic acids is 1. The molecule has 0 aliphatic carbocycles. The average molecular weight is 461 g/mol. The number of hydrogen-bond acceptors (Lipinski definition) is 4. The number of aromatic nitrogens is 2. The number of anilines is 1. The van der Waals surface area contributed by atoms with Gasteiger partial charge in [-0.1, -0.05) is 53.6 Å². The molecule has 9 heteroatoms. The van der Waals surface area contributed by atoms with Gasteiger partial charge in [0.2, 0.25) is 10.0 Å². The molecular formula is C22H25ClN4O3S. The zero-order chi connectivity index (χ0) is 22.8. The maximum absolute atomic E-state index is 12.9. The first-order valence-corrected chi connectivity index (χ1v) is 12.0. The number of sulfonamides is 1. The fourth-order valence-corrected chi connectivity index (χ4v) is 4.10. The highest BCUT2D eigenvalue weighted by Gasteiger charge is 2.22. The third-order valence-electron chi connectivity index (χ3n) is 4.78. The summed E-state index contributed by atoms with van der Waals surface area (Å²) in [7, 11) is -3.39. The van der Waals surface area contributed by atoms with Crippen molar-refractivity contribution in [3.8, 4) is 0 Å². The molecule has 3 rings (SSSR count). The average Bonchev–Trinajstić information content (AvgIpc) is 2.95. The molecule has 0 saturated carbocycles. The van der Waals surface area contributed by atoms with Gasteiger partial charge in [-0.3, -0.25) is 9.52 Å². The molecule has 1 heterocycles. The summed E-state index contributed by atoms with van der Waals surface area (Å²) in [5.74, 6) is -0.341. The van der Waals surface area contributed by atoms with Crippen LogP contribution in [0, 0.1) is 13.8 Å². The minimum absolute atomic E-state index is 0.273. The van der Waals surface area contributed by atoms with Gasteiger partial charge in [0.15, 0.2) is 0 Å². The Morgan fingerprint density at radius 2 is 1.84 bits per heavy atom. The van der Waals surface area contributed by atoms with Gasteiger partial charge in [0.1, 0.15) is 5.15 Å². The Bertz CT molecular complexity index is 1200. The molecule has 1 atom stereocenters. The van der Waals surface area contributed by atoms with Gasteiger partial charge < -0.3 is 5.32 Å². The van der Waals surface area contributed by atoms with Crippen LogP contribution in [-0.4, -0.2) is 30.4 Å². The zero-order valence-electron chi connectivity index (χ0n) is 17.8. The van der Waals surface area contributed by atoms with Crippen LogP contribution in [0.4, 0.5) is 5.69 Å². The topological polar surface area (TPSA) is 93.1 Å². The molecule has 31 heavy (non-hydrogen) atoms. The van der Waals surface area contributed by atoms with Crippen LogP contribution in [0.25, 0.3) is 0 Å². The smallest absolute Gasteiger partial charge is 0.256 e. The van der Waals surface area contributed by atoms with Crippen LogP contribution in [0.2, 0.25) is 5.15 Å². The molecule has 1 aromatic heterocycles. The minimum Gasteiger partial charge on any atom is -0.345 e. The van der Waals surface area contributed by atoms with Crippen LogP contribution in [0.5, 0.6) is 0 Å². The van der Waals surface area contributed by atoms with E-state index in [1.165, 1.54) is 0 Å². The summed E-state index contributed by atoms with van der Waals surface area (Å²) in [4.78, 5) is 12.9. The minimum atomic E-state index is -3.39. The van der Waals surface area contributed by atoms with Crippen LogP contribution in [-0.2, 0) is 16.6 Å². The van der Waals surface area contributed by atoms with Gasteiger partial charge in [-0.05, 0) is 44.0 Å². The van der Waals surface area contributed by atoms with E-state index in [9.17, 15) is 13.2 Å². The summed E-state index contributed by atoms with van der Waals surface area (Å²) >= 11 is 6.50. The number of halogens is 1. The van der Waals surface area contributed by atoms with E-state index in [0.717, 1.165) is 22.9 Å². The molecule has 0 aliphatic rings. The van der Waals surface area contributed by atoms with E-state index < -0.39 is 10.0 Å². The molecule has 2 N–H and O–H groups in total. The van der Waals surface area contributed by atoms with Gasteiger partial charge in [-0.15, -0.1) is 0 Å². The Labute approximate surface area is 187 Å². The van der Waals surface area contributed by atoms with Crippen LogP contribution < -0.4 is 10.0 Å². The Hall–Kier alpha value is -2.84. The Balaban J connectivity index is 1.76. The van der Waals surface area contributed by atoms with Crippen molar-refractivity contribution in [3.63, 3.8) is 0 Å². The van der Waals surface area contributed by atoms with E-state index in [1.807, 2.05) is 44.2 Å². The second-order valence-corrected chi connectivity index (χ2v) is 9.70. The van der Waals surface area contributed by atoms with E-state index in [4.69, 9.17) is 11.6 Å². The normalized spacial score (nSPS) is 12.4. The van der Waals surface area contributed by atoms with Gasteiger partial charge in [0.05, 0.1) is 30.1 Å². The van der Waals surface area contributed by atoms with Crippen LogP contribution in [0.15, 0.2) is 48.5 Å². The van der Waals surface area contributed by atoms with Crippen molar-refractivity contribution in [2.45, 2.75) is 33.4 Å². The van der Waals surface area contributed by atoms with Gasteiger partial charge in [0, 0.05) is 5.69 Å². The molecule has 0 spiro atoms. The first kappa shape index (κ1) is 22.8. The van der Waals surface area contributed by atoms with Crippen molar-refractivity contribution >= 4 is 33.2 Å². The first-order valence-electron chi connectivity index (χ1n) is 9.70. The third kappa shape index (κ3) is 5.86. The molecule has 7 nitrogen and oxygen atoms in total. The van der Waals surface area contributed by atoms with E-state index in [-0.39, 0.29) is 17.1 Å². The van der Waals surface area contributed by atoms with E-state index in [0.29, 0.717) is 23.5 Å². The molecule has 0 saturated heterocycles. The van der Waals surface area contributed by atoms with Crippen molar-refractivity contribution in [1.82, 2.24) is 15.1 Å². The van der Waals surface area contributed by atoms with Crippen molar-refractivity contribution < 1.29 is 13.2 Å². The molecule has 164 valence electrons. The molecule has 1 unspecified atom stereocenters. The van der Waals surface area contributed by atoms with Crippen LogP contribution >= 0.6 is 11.6 Å². The number of hydrogen-bond donors (Lipinski definition) is 2. The summed E-state index contributed by atoms with van der Waals surface area (Å²) in [6.45, 7) is 6.04. The number of nitrogens with one attached hydrogen (secondary N) is 2. The molecule has 0 bridgehead atoms. The largest absolute Gasteiger partial charge is 0.345 e. The predicted octanol–water partition coefficient (Wildman–Crippen LogP) is 4.06. The number of carbonyl (C=O) groups is 1. The lowest BCUT2D eigenvalue weighted by molar-refractivity contribution is 0.0939. The second-order valence-electron chi connectivity index (χ2n) is 7.59. The summed E-state index contributed by atoms with van der Waals surface area (Å²) < 4.78 is 27.0. The number of rotatable bonds is 7. The van der Waals surface area contributed by atoms with Crippen LogP contribution in [0.3, 0.4) is 0 Å². The second kappa shape index (κ2) is 9.11. The molecule has 0 fully saturated rings. The fourth-order valence-electron chi connectivity index (χ4n) is 3.22. The first-order chi connectivity index (χ1) is 14.5. The summed E-state index contributed by atoms with van der Waals surface area (Å²) in [6.07, 6.45) is 1.09. The maximum atomic E-state index is 12.9. The predicted molar refractivity (Wildman–Crippen MR) is 123 cm³/mol. The van der Waals surface area contributed by atoms with Gasteiger partial charge in [-0.2, -0.15) is 5.10 Å². The monoisotopic (exact) mass is 460 g/mol. The lowest BCUT2D eigenvalue weighted by atomic mass is 10.1. The highest BCUT2D eigenvalue weighted by atomic mass is 35.5. The molecular weight excluding hydrogens is 436 g/mol. The summed E-state index contributed by atoms with van der Waals surface area (Å²) in [5.41, 5.74) is 4.24. The highest BCUT2D eigenvalue weighted by molar-refractivity contribution is 7.92. The van der Waals surface area contributed by atoms with Gasteiger partial charge in [-0.25, -0.2) is 13.1 Å². The van der Waals surface area contributed by atoms with E-state index >= 15 is 0 Å². The number of amides is 1. The molecule has 3 aromatic rings. The molecule has 2 aromatic carbocycles. The Kier molecular flexibility index (Phi) is 6.71. The quantitative estimate of drug-likeness (QED) is 0.556. The zero-order valence-corrected chi connectivity index (χ0v) is 19.4. The standard InChI is InChI=1S/C22H25ClN4O3S/c1-14-8-10-17(11-9-14)13-27-21(23)20(16(3)25-27)22(28)24-15(2)18-6-5-7-19(12-18)26-31(4,29)30/h5-12,15,26H,13H2,1-4H3,(H,24,28). The van der Waals surface area contributed by atoms with Crippen molar-refractivity contribution in [3.05, 3.63) is 81.6 Å². The molecule has 0 radical (unpaired) electrons. The van der Waals surface area contributed by atoms with Crippen LogP contribution in [0.1, 0.15) is 45.7 Å². The van der Waals surface area contributed by atoms with E-state index in [1.54, 1.807) is 29.8 Å². The highest BCUT2D eigenvalue weighted by Crippen LogP contribution is 2.23. The molecule has 0 aliphatic heterocycles. The number of aryl methyl sites for hydroxylation is 2. The summed E-state index contributed by atoms with van der Waals surface area (Å²) in [5, 5.41) is 7.62. The van der Waals surface area contributed by atoms with Gasteiger partial charge in [0.25, 0.3) is 5.91 Å². The summed E-state index contributed by atoms with van der Waals surface area (Å²) in [6, 6.07) is 14.5. The Morgan fingerprint density at radius 1 is 1.16 bits per heavy atom. The fraction of sp³-hybridized carbons (Fsp3) is 0.273. The van der Waals surface area contributed by atoms with Crippen molar-refractivity contribution in [1.29, 1.82) is 0 Å². The van der Waals surface area contributed by atoms with E-state index in [2.05, 4.69) is 15.1 Å². The number of nitrogens with zero attached hydrogens (tertiary/aromatic N) is 2.